The maximum atomic E-state index is 12.5. The lowest BCUT2D eigenvalue weighted by atomic mass is 9.86. The van der Waals surface area contributed by atoms with Crippen LogP contribution in [0.2, 0.25) is 0 Å². The lowest BCUT2D eigenvalue weighted by Crippen LogP contribution is -2.37. The van der Waals surface area contributed by atoms with Crippen molar-refractivity contribution in [2.45, 2.75) is 57.4 Å². The molecule has 1 amide bonds. The summed E-state index contributed by atoms with van der Waals surface area (Å²) in [5.74, 6) is 1.12. The summed E-state index contributed by atoms with van der Waals surface area (Å²) in [5, 5.41) is 25.4. The minimum atomic E-state index is -0.592. The molecule has 1 saturated carbocycles. The van der Waals surface area contributed by atoms with Crippen LogP contribution >= 0.6 is 0 Å². The number of carbonyl (C=O) groups is 1. The fourth-order valence-electron chi connectivity index (χ4n) is 6.12. The molecule has 4 heterocycles. The van der Waals surface area contributed by atoms with Crippen LogP contribution in [-0.2, 0) is 10.2 Å². The van der Waals surface area contributed by atoms with Crippen molar-refractivity contribution in [1.82, 2.24) is 34.4 Å². The molecule has 4 aromatic heterocycles. The molecule has 7 rings (SSSR count). The summed E-state index contributed by atoms with van der Waals surface area (Å²) in [6.45, 7) is 4.11. The zero-order valence-electron chi connectivity index (χ0n) is 24.8. The topological polar surface area (TPSA) is 126 Å². The zero-order valence-corrected chi connectivity index (χ0v) is 24.8. The van der Waals surface area contributed by atoms with E-state index in [2.05, 4.69) is 42.5 Å². The van der Waals surface area contributed by atoms with Crippen molar-refractivity contribution in [3.63, 3.8) is 0 Å². The smallest absolute Gasteiger partial charge is 0.241 e. The van der Waals surface area contributed by atoms with Gasteiger partial charge in [-0.15, -0.1) is 10.2 Å². The normalized spacial score (nSPS) is 14.3. The van der Waals surface area contributed by atoms with Crippen LogP contribution < -0.4 is 10.6 Å². The monoisotopic (exact) mass is 583 g/mol. The third kappa shape index (κ3) is 5.05. The number of benzene rings is 2. The summed E-state index contributed by atoms with van der Waals surface area (Å²) < 4.78 is 4.02. The molecule has 10 nitrogen and oxygen atoms in total. The summed E-state index contributed by atoms with van der Waals surface area (Å²) in [6.07, 6.45) is 11.3. The van der Waals surface area contributed by atoms with Crippen LogP contribution in [0.5, 0.6) is 0 Å². The number of anilines is 1. The number of rotatable bonds is 7. The average molecular weight is 584 g/mol. The fourth-order valence-corrected chi connectivity index (χ4v) is 6.12. The summed E-state index contributed by atoms with van der Waals surface area (Å²) >= 11 is 0. The molecule has 220 valence electrons. The lowest BCUT2D eigenvalue weighted by molar-refractivity contribution is -0.115. The van der Waals surface area contributed by atoms with Gasteiger partial charge in [0, 0.05) is 28.9 Å². The van der Waals surface area contributed by atoms with Gasteiger partial charge in [0.1, 0.15) is 12.1 Å². The van der Waals surface area contributed by atoms with Crippen LogP contribution in [0.1, 0.15) is 51.5 Å². The summed E-state index contributed by atoms with van der Waals surface area (Å²) in [5.41, 5.74) is 5.85. The highest BCUT2D eigenvalue weighted by Crippen LogP contribution is 2.33. The van der Waals surface area contributed by atoms with Crippen molar-refractivity contribution in [1.29, 1.82) is 5.26 Å². The molecule has 0 unspecified atom stereocenters. The van der Waals surface area contributed by atoms with E-state index in [1.807, 2.05) is 73.0 Å². The number of fused-ring (bicyclic) bond motifs is 5. The maximum absolute atomic E-state index is 12.5. The van der Waals surface area contributed by atoms with Crippen molar-refractivity contribution in [2.24, 2.45) is 0 Å². The van der Waals surface area contributed by atoms with E-state index < -0.39 is 5.41 Å². The van der Waals surface area contributed by atoms with Gasteiger partial charge in [0.25, 0.3) is 0 Å². The molecule has 44 heavy (non-hydrogen) atoms. The van der Waals surface area contributed by atoms with Crippen LogP contribution in [0.3, 0.4) is 0 Å². The molecule has 1 fully saturated rings. The number of carbonyl (C=O) groups excluding carboxylic acids is 1. The van der Waals surface area contributed by atoms with E-state index >= 15 is 0 Å². The second-order valence-electron chi connectivity index (χ2n) is 12.0. The molecule has 10 heteroatoms. The van der Waals surface area contributed by atoms with Gasteiger partial charge in [0.2, 0.25) is 11.7 Å². The highest BCUT2D eigenvalue weighted by molar-refractivity contribution is 6.06. The maximum Gasteiger partial charge on any atom is 0.241 e. The predicted molar refractivity (Wildman–Crippen MR) is 170 cm³/mol. The highest BCUT2D eigenvalue weighted by Gasteiger charge is 2.22. The molecule has 2 aromatic carbocycles. The predicted octanol–water partition coefficient (Wildman–Crippen LogP) is 5.95. The quantitative estimate of drug-likeness (QED) is 0.238. The third-order valence-electron chi connectivity index (χ3n) is 8.68. The van der Waals surface area contributed by atoms with E-state index in [0.717, 1.165) is 57.2 Å². The van der Waals surface area contributed by atoms with Crippen LogP contribution in [0, 0.1) is 11.3 Å². The number of nitrogens with one attached hydrogen (secondary N) is 2. The fraction of sp³-hybridized carbons (Fsp3) is 0.294. The van der Waals surface area contributed by atoms with E-state index in [1.54, 1.807) is 12.5 Å². The molecule has 0 saturated heterocycles. The molecule has 0 bridgehead atoms. The van der Waals surface area contributed by atoms with Gasteiger partial charge in [-0.3, -0.25) is 18.7 Å². The molecule has 2 N–H and O–H groups in total. The van der Waals surface area contributed by atoms with Gasteiger partial charge in [-0.25, -0.2) is 4.98 Å². The Hall–Kier alpha value is -5.14. The van der Waals surface area contributed by atoms with E-state index in [-0.39, 0.29) is 5.91 Å². The van der Waals surface area contributed by atoms with Crippen molar-refractivity contribution < 1.29 is 4.79 Å². The van der Waals surface area contributed by atoms with Crippen molar-refractivity contribution in [3.05, 3.63) is 78.9 Å². The summed E-state index contributed by atoms with van der Waals surface area (Å²) in [7, 11) is 0. The highest BCUT2D eigenvalue weighted by atomic mass is 16.2. The van der Waals surface area contributed by atoms with Gasteiger partial charge in [0.15, 0.2) is 0 Å². The summed E-state index contributed by atoms with van der Waals surface area (Å²) in [6, 6.07) is 20.8. The van der Waals surface area contributed by atoms with E-state index in [1.165, 1.54) is 19.3 Å². The SMILES string of the molecule is CC(C)(C#N)c1ccc(-n2c3c4cc(-c5ccc(NC(=O)CNC6CCCCC6)nc5)ccc4ncc3n3cnnc23)cc1. The number of hydrogen-bond donors (Lipinski definition) is 2. The minimum Gasteiger partial charge on any atom is -0.310 e. The van der Waals surface area contributed by atoms with E-state index in [4.69, 9.17) is 4.98 Å². The van der Waals surface area contributed by atoms with Crippen LogP contribution in [0.25, 0.3) is 44.5 Å². The molecular weight excluding hydrogens is 550 g/mol. The van der Waals surface area contributed by atoms with Gasteiger partial charge < -0.3 is 10.6 Å². The number of hydrogen-bond acceptors (Lipinski definition) is 7. The number of nitrogens with zero attached hydrogens (tertiary/aromatic N) is 7. The van der Waals surface area contributed by atoms with Crippen LogP contribution in [0.4, 0.5) is 5.82 Å². The zero-order chi connectivity index (χ0) is 30.3. The molecule has 0 radical (unpaired) electrons. The van der Waals surface area contributed by atoms with Gasteiger partial charge in [0.05, 0.1) is 40.8 Å². The Balaban J connectivity index is 1.21. The third-order valence-corrected chi connectivity index (χ3v) is 8.68. The van der Waals surface area contributed by atoms with Gasteiger partial charge >= 0.3 is 0 Å². The van der Waals surface area contributed by atoms with Crippen LogP contribution in [0.15, 0.2) is 73.3 Å². The van der Waals surface area contributed by atoms with Crippen molar-refractivity contribution >= 4 is 39.4 Å². The molecule has 6 aromatic rings. The number of nitriles is 1. The molecular formula is C34H33N9O. The Labute approximate surface area is 254 Å². The van der Waals surface area contributed by atoms with Gasteiger partial charge in [-0.05, 0) is 74.2 Å². The second-order valence-corrected chi connectivity index (χ2v) is 12.0. The Kier molecular flexibility index (Phi) is 7.03. The molecule has 0 atom stereocenters. The average Bonchev–Trinajstić information content (AvgIpc) is 3.66. The lowest BCUT2D eigenvalue weighted by Gasteiger charge is -2.22. The Bertz CT molecular complexity index is 2030. The number of amides is 1. The Morgan fingerprint density at radius 2 is 1.80 bits per heavy atom. The first-order chi connectivity index (χ1) is 21.4. The molecule has 1 aliphatic rings. The number of pyridine rings is 2. The number of aromatic nitrogens is 6. The number of imidazole rings is 1. The first-order valence-electron chi connectivity index (χ1n) is 15.1. The standard InChI is InChI=1S/C34H33N9O/c1-34(2,20-35)24-10-12-26(13-11-24)43-32-27-16-22(8-14-28(27)37-18-29(32)42-21-39-41-33(42)43)23-9-15-30(38-17-23)40-31(44)19-36-25-6-4-3-5-7-25/h8-18,21,25,36H,3-7,19H2,1-2H3,(H,38,40,44). The molecule has 0 spiro atoms. The molecule has 0 aliphatic heterocycles. The second kappa shape index (κ2) is 11.2. The van der Waals surface area contributed by atoms with E-state index in [0.29, 0.717) is 24.2 Å². The largest absolute Gasteiger partial charge is 0.310 e. The van der Waals surface area contributed by atoms with Gasteiger partial charge in [-0.1, -0.05) is 37.5 Å². The first kappa shape index (κ1) is 27.7. The van der Waals surface area contributed by atoms with Crippen molar-refractivity contribution in [3.8, 4) is 22.9 Å². The van der Waals surface area contributed by atoms with Gasteiger partial charge in [-0.2, -0.15) is 5.26 Å². The van der Waals surface area contributed by atoms with Crippen molar-refractivity contribution in [2.75, 3.05) is 11.9 Å². The summed E-state index contributed by atoms with van der Waals surface area (Å²) in [4.78, 5) is 21.8. The Morgan fingerprint density at radius 1 is 1.00 bits per heavy atom. The van der Waals surface area contributed by atoms with Crippen LogP contribution in [-0.4, -0.2) is 47.6 Å². The first-order valence-corrected chi connectivity index (χ1v) is 15.1. The van der Waals surface area contributed by atoms with E-state index in [9.17, 15) is 10.1 Å². The minimum absolute atomic E-state index is 0.0838. The Morgan fingerprint density at radius 3 is 2.55 bits per heavy atom. The molecule has 1 aliphatic carbocycles.